The van der Waals surface area contributed by atoms with Gasteiger partial charge in [0.05, 0.1) is 5.56 Å². The maximum atomic E-state index is 12.3. The fraction of sp³-hybridized carbons (Fsp3) is 0.143. The second kappa shape index (κ2) is 7.43. The predicted octanol–water partition coefficient (Wildman–Crippen LogP) is 2.74. The lowest BCUT2D eigenvalue weighted by Gasteiger charge is -2.17. The topological polar surface area (TPSA) is 38.1 Å². The molecule has 0 amide bonds. The quantitative estimate of drug-likeness (QED) is 0.510. The van der Waals surface area contributed by atoms with Gasteiger partial charge >= 0.3 is 0 Å². The van der Waals surface area contributed by atoms with E-state index in [1.54, 1.807) is 29.4 Å². The summed E-state index contributed by atoms with van der Waals surface area (Å²) in [6.07, 6.45) is 13.6. The van der Waals surface area contributed by atoms with Gasteiger partial charge in [-0.15, -0.1) is 12.6 Å². The minimum Gasteiger partial charge on any atom is -0.267 e. The van der Waals surface area contributed by atoms with E-state index < -0.39 is 0 Å². The third-order valence-corrected chi connectivity index (χ3v) is 2.63. The van der Waals surface area contributed by atoms with Crippen molar-refractivity contribution in [1.82, 2.24) is 9.66 Å². The molecule has 100 valence electrons. The molecule has 0 spiro atoms. The number of thiol groups is 1. The lowest BCUT2D eigenvalue weighted by atomic mass is 10.3. The van der Waals surface area contributed by atoms with Gasteiger partial charge in [0.25, 0.3) is 5.56 Å². The average Bonchev–Trinajstić information content (AvgIpc) is 2.41. The van der Waals surface area contributed by atoms with Crippen LogP contribution in [0.2, 0.25) is 0 Å². The van der Waals surface area contributed by atoms with Gasteiger partial charge in [-0.25, -0.2) is 9.66 Å². The Morgan fingerprint density at radius 2 is 2.11 bits per heavy atom. The van der Waals surface area contributed by atoms with E-state index in [1.807, 2.05) is 26.0 Å². The molecule has 0 N–H and O–H groups in total. The van der Waals surface area contributed by atoms with Crippen LogP contribution < -0.4 is 10.6 Å². The summed E-state index contributed by atoms with van der Waals surface area (Å²) in [6.45, 7) is 7.42. The molecule has 0 saturated heterocycles. The summed E-state index contributed by atoms with van der Waals surface area (Å²) in [7, 11) is 0. The van der Waals surface area contributed by atoms with E-state index in [0.29, 0.717) is 10.6 Å². The summed E-state index contributed by atoms with van der Waals surface area (Å²) >= 11 is 4.20. The van der Waals surface area contributed by atoms with Crippen LogP contribution in [0, 0.1) is 0 Å². The highest BCUT2D eigenvalue weighted by Gasteiger charge is 2.08. The van der Waals surface area contributed by atoms with E-state index in [9.17, 15) is 4.79 Å². The summed E-state index contributed by atoms with van der Waals surface area (Å²) in [5, 5.41) is 1.95. The van der Waals surface area contributed by atoms with Gasteiger partial charge in [0.15, 0.2) is 0 Å². The number of aromatic nitrogens is 2. The van der Waals surface area contributed by atoms with E-state index in [4.69, 9.17) is 0 Å². The van der Waals surface area contributed by atoms with Crippen LogP contribution in [0.1, 0.15) is 19.4 Å². The predicted molar refractivity (Wildman–Crippen MR) is 82.8 cm³/mol. The first-order valence-electron chi connectivity index (χ1n) is 5.79. The number of nitrogens with zero attached hydrogens (tertiary/aromatic N) is 3. The zero-order valence-corrected chi connectivity index (χ0v) is 11.9. The first kappa shape index (κ1) is 15.0. The highest BCUT2D eigenvalue weighted by molar-refractivity contribution is 7.80. The number of hydrogen-bond acceptors (Lipinski definition) is 4. The molecule has 0 aliphatic rings. The zero-order chi connectivity index (χ0) is 14.3. The molecule has 4 nitrogen and oxygen atoms in total. The Bertz CT molecular complexity index is 585. The van der Waals surface area contributed by atoms with Crippen LogP contribution in [0.15, 0.2) is 59.4 Å². The summed E-state index contributed by atoms with van der Waals surface area (Å²) in [5.41, 5.74) is 0.221. The Morgan fingerprint density at radius 1 is 1.37 bits per heavy atom. The van der Waals surface area contributed by atoms with Crippen LogP contribution in [-0.2, 0) is 0 Å². The van der Waals surface area contributed by atoms with Gasteiger partial charge in [0.2, 0.25) is 0 Å². The Labute approximate surface area is 118 Å². The van der Waals surface area contributed by atoms with E-state index >= 15 is 0 Å². The molecule has 0 aliphatic heterocycles. The van der Waals surface area contributed by atoms with Crippen LogP contribution in [-0.4, -0.2) is 9.66 Å². The van der Waals surface area contributed by atoms with Gasteiger partial charge in [0.1, 0.15) is 11.4 Å². The Hall–Kier alpha value is -2.01. The Morgan fingerprint density at radius 3 is 2.68 bits per heavy atom. The Balaban J connectivity index is 3.34. The van der Waals surface area contributed by atoms with Gasteiger partial charge in [-0.2, -0.15) is 0 Å². The number of hydrogen-bond donors (Lipinski definition) is 1. The van der Waals surface area contributed by atoms with Crippen LogP contribution in [0.5, 0.6) is 0 Å². The number of rotatable bonds is 5. The van der Waals surface area contributed by atoms with Crippen LogP contribution in [0.3, 0.4) is 0 Å². The third kappa shape index (κ3) is 3.72. The zero-order valence-electron chi connectivity index (χ0n) is 11.0. The van der Waals surface area contributed by atoms with Gasteiger partial charge < -0.3 is 0 Å². The molecule has 0 fully saturated rings. The van der Waals surface area contributed by atoms with Crippen LogP contribution in [0.25, 0.3) is 6.08 Å². The van der Waals surface area contributed by atoms with Crippen molar-refractivity contribution < 1.29 is 0 Å². The molecular weight excluding hydrogens is 258 g/mol. The maximum Gasteiger partial charge on any atom is 0.281 e. The van der Waals surface area contributed by atoms with Crippen molar-refractivity contribution in [2.75, 3.05) is 5.01 Å². The second-order valence-electron chi connectivity index (χ2n) is 3.56. The highest BCUT2D eigenvalue weighted by Crippen LogP contribution is 2.07. The summed E-state index contributed by atoms with van der Waals surface area (Å²) in [6, 6.07) is 0. The van der Waals surface area contributed by atoms with Crippen LogP contribution in [0.4, 0.5) is 0 Å². The largest absolute Gasteiger partial charge is 0.281 e. The normalized spacial score (nSPS) is 11.7. The smallest absolute Gasteiger partial charge is 0.267 e. The van der Waals surface area contributed by atoms with E-state index in [1.165, 1.54) is 17.2 Å². The van der Waals surface area contributed by atoms with Crippen LogP contribution >= 0.6 is 12.6 Å². The first-order valence-corrected chi connectivity index (χ1v) is 6.24. The van der Waals surface area contributed by atoms with Crippen molar-refractivity contribution in [3.05, 3.63) is 65.5 Å². The summed E-state index contributed by atoms with van der Waals surface area (Å²) < 4.78 is 1.36. The standard InChI is InChI=1S/C14H17N3OS/c1-4-7-8-9-12-13(19)15-11-17(14(12)18)16(6-3)10-5-2/h4-11,19H,3H2,1-2H3/b7-4+,9-8+,10-5-. The van der Waals surface area contributed by atoms with Gasteiger partial charge in [-0.1, -0.05) is 30.9 Å². The molecule has 19 heavy (non-hydrogen) atoms. The fourth-order valence-corrected chi connectivity index (χ4v) is 1.62. The monoisotopic (exact) mass is 275 g/mol. The minimum atomic E-state index is -0.209. The van der Waals surface area contributed by atoms with Crippen molar-refractivity contribution in [2.45, 2.75) is 18.9 Å². The molecule has 5 heteroatoms. The molecule has 0 atom stereocenters. The average molecular weight is 275 g/mol. The lowest BCUT2D eigenvalue weighted by Crippen LogP contribution is -2.35. The SMILES string of the molecule is C=CN(/C=C\C)n1cnc(S)c(/C=C/C=C/C)c1=O. The Kier molecular flexibility index (Phi) is 5.89. The van der Waals surface area contributed by atoms with E-state index in [0.717, 1.165) is 0 Å². The first-order chi connectivity index (χ1) is 9.15. The van der Waals surface area contributed by atoms with Gasteiger partial charge in [0, 0.05) is 12.4 Å². The molecule has 1 aromatic rings. The maximum absolute atomic E-state index is 12.3. The molecule has 1 heterocycles. The fourth-order valence-electron chi connectivity index (χ4n) is 1.40. The van der Waals surface area contributed by atoms with E-state index in [-0.39, 0.29) is 5.56 Å². The molecule has 0 aromatic carbocycles. The van der Waals surface area contributed by atoms with Crippen molar-refractivity contribution in [2.24, 2.45) is 0 Å². The van der Waals surface area contributed by atoms with Crippen molar-refractivity contribution in [3.8, 4) is 0 Å². The van der Waals surface area contributed by atoms with Crippen molar-refractivity contribution in [1.29, 1.82) is 0 Å². The highest BCUT2D eigenvalue weighted by atomic mass is 32.1. The van der Waals surface area contributed by atoms with Crippen molar-refractivity contribution >= 4 is 18.7 Å². The van der Waals surface area contributed by atoms with E-state index in [2.05, 4.69) is 24.2 Å². The minimum absolute atomic E-state index is 0.209. The molecule has 0 unspecified atom stereocenters. The van der Waals surface area contributed by atoms with Gasteiger partial charge in [-0.05, 0) is 19.9 Å². The molecule has 0 bridgehead atoms. The van der Waals surface area contributed by atoms with Gasteiger partial charge in [-0.3, -0.25) is 9.80 Å². The number of allylic oxidation sites excluding steroid dienone is 4. The molecular formula is C14H17N3OS. The molecule has 0 aliphatic carbocycles. The third-order valence-electron chi connectivity index (χ3n) is 2.27. The molecule has 0 saturated carbocycles. The lowest BCUT2D eigenvalue weighted by molar-refractivity contribution is 0.720. The molecule has 1 rings (SSSR count). The second-order valence-corrected chi connectivity index (χ2v) is 3.99. The van der Waals surface area contributed by atoms with Crippen molar-refractivity contribution in [3.63, 3.8) is 0 Å². The molecule has 1 aromatic heterocycles. The summed E-state index contributed by atoms with van der Waals surface area (Å²) in [4.78, 5) is 16.4. The molecule has 0 radical (unpaired) electrons. The summed E-state index contributed by atoms with van der Waals surface area (Å²) in [5.74, 6) is 0.